The van der Waals surface area contributed by atoms with Crippen LogP contribution in [-0.2, 0) is 6.42 Å². The topological polar surface area (TPSA) is 39.9 Å². The fourth-order valence-electron chi connectivity index (χ4n) is 2.63. The lowest BCUT2D eigenvalue weighted by molar-refractivity contribution is 0.231. The van der Waals surface area contributed by atoms with E-state index in [9.17, 15) is 8.78 Å². The summed E-state index contributed by atoms with van der Waals surface area (Å²) in [5.41, 5.74) is 1.52. The van der Waals surface area contributed by atoms with Gasteiger partial charge in [0.1, 0.15) is 17.5 Å². The fraction of sp³-hybridized carbons (Fsp3) is 0.263. The quantitative estimate of drug-likeness (QED) is 0.696. The predicted molar refractivity (Wildman–Crippen MR) is 91.0 cm³/mol. The van der Waals surface area contributed by atoms with Gasteiger partial charge < -0.3 is 4.74 Å². The van der Waals surface area contributed by atoms with Crippen molar-refractivity contribution in [3.05, 3.63) is 71.3 Å². The van der Waals surface area contributed by atoms with E-state index in [1.165, 1.54) is 18.2 Å². The number of hydrogen-bond acceptors (Lipinski definition) is 3. The van der Waals surface area contributed by atoms with Crippen LogP contribution in [0.5, 0.6) is 5.75 Å². The Morgan fingerprint density at radius 3 is 2.40 bits per heavy atom. The summed E-state index contributed by atoms with van der Waals surface area (Å²) in [5.74, 6) is 0.854. The lowest BCUT2D eigenvalue weighted by Crippen LogP contribution is -2.08. The molecule has 1 aromatic heterocycles. The normalized spacial score (nSPS) is 11.1. The summed E-state index contributed by atoms with van der Waals surface area (Å²) in [4.78, 5) is 0. The number of rotatable bonds is 5. The number of halogens is 2. The average molecular weight is 343 g/mol. The van der Waals surface area contributed by atoms with Crippen LogP contribution in [-0.4, -0.2) is 20.9 Å². The number of benzene rings is 2. The number of aryl methyl sites for hydroxylation is 1. The highest BCUT2D eigenvalue weighted by Gasteiger charge is 2.13. The summed E-state index contributed by atoms with van der Waals surface area (Å²) >= 11 is 0. The van der Waals surface area contributed by atoms with E-state index < -0.39 is 5.82 Å². The predicted octanol–water partition coefficient (Wildman–Crippen LogP) is 4.23. The van der Waals surface area contributed by atoms with E-state index >= 15 is 0 Å². The van der Waals surface area contributed by atoms with Gasteiger partial charge in [-0.2, -0.15) is 0 Å². The molecule has 0 fully saturated rings. The molecule has 0 unspecified atom stereocenters. The van der Waals surface area contributed by atoms with Crippen LogP contribution in [0.4, 0.5) is 8.78 Å². The van der Waals surface area contributed by atoms with E-state index in [0.29, 0.717) is 18.1 Å². The first-order chi connectivity index (χ1) is 11.9. The summed E-state index contributed by atoms with van der Waals surface area (Å²) < 4.78 is 34.6. The molecule has 1 heterocycles. The zero-order valence-corrected chi connectivity index (χ0v) is 14.3. The molecule has 0 bridgehead atoms. The third-order valence-corrected chi connectivity index (χ3v) is 3.70. The van der Waals surface area contributed by atoms with Gasteiger partial charge in [0.15, 0.2) is 11.6 Å². The highest BCUT2D eigenvalue weighted by atomic mass is 19.1. The van der Waals surface area contributed by atoms with Gasteiger partial charge in [0.2, 0.25) is 0 Å². The maximum absolute atomic E-state index is 14.2. The van der Waals surface area contributed by atoms with Crippen molar-refractivity contribution in [2.45, 2.75) is 33.3 Å². The minimum absolute atomic E-state index is 0.0930. The molecule has 4 nitrogen and oxygen atoms in total. The highest BCUT2D eigenvalue weighted by Crippen LogP contribution is 2.22. The first-order valence-corrected chi connectivity index (χ1v) is 8.06. The maximum atomic E-state index is 14.2. The molecule has 0 amide bonds. The van der Waals surface area contributed by atoms with Gasteiger partial charge in [-0.3, -0.25) is 4.57 Å². The smallest absolute Gasteiger partial charge is 0.165 e. The van der Waals surface area contributed by atoms with Crippen molar-refractivity contribution in [3.63, 3.8) is 0 Å². The maximum Gasteiger partial charge on any atom is 0.165 e. The Labute approximate surface area is 145 Å². The van der Waals surface area contributed by atoms with E-state index in [1.807, 2.05) is 25.3 Å². The Bertz CT molecular complexity index is 873. The Hall–Kier alpha value is -2.76. The average Bonchev–Trinajstić information content (AvgIpc) is 2.91. The standard InChI is InChI=1S/C19H19F2N3O/c1-12(2)25-18-9-4-14(10-17(18)21)11-19-23-22-13(3)24(19)16-7-5-15(20)6-8-16/h4-10,12H,11H2,1-3H3. The minimum Gasteiger partial charge on any atom is -0.488 e. The molecule has 6 heteroatoms. The third kappa shape index (κ3) is 3.84. The molecule has 0 radical (unpaired) electrons. The Balaban J connectivity index is 1.89. The number of hydrogen-bond donors (Lipinski definition) is 0. The van der Waals surface area contributed by atoms with Crippen LogP contribution in [0.1, 0.15) is 31.1 Å². The van der Waals surface area contributed by atoms with Crippen molar-refractivity contribution in [1.82, 2.24) is 14.8 Å². The van der Waals surface area contributed by atoms with Crippen molar-refractivity contribution in [3.8, 4) is 11.4 Å². The van der Waals surface area contributed by atoms with Crippen LogP contribution in [0.3, 0.4) is 0 Å². The van der Waals surface area contributed by atoms with Crippen LogP contribution >= 0.6 is 0 Å². The zero-order chi connectivity index (χ0) is 18.0. The molecule has 2 aromatic carbocycles. The fourth-order valence-corrected chi connectivity index (χ4v) is 2.63. The summed E-state index contributed by atoms with van der Waals surface area (Å²) in [6.07, 6.45) is 0.307. The minimum atomic E-state index is -0.407. The van der Waals surface area contributed by atoms with Crippen LogP contribution in [0.25, 0.3) is 5.69 Å². The van der Waals surface area contributed by atoms with E-state index in [0.717, 1.165) is 11.3 Å². The first-order valence-electron chi connectivity index (χ1n) is 8.06. The number of nitrogens with zero attached hydrogens (tertiary/aromatic N) is 3. The van der Waals surface area contributed by atoms with Gasteiger partial charge in [0, 0.05) is 12.1 Å². The summed E-state index contributed by atoms with van der Waals surface area (Å²) in [5, 5.41) is 8.27. The van der Waals surface area contributed by atoms with Crippen molar-refractivity contribution < 1.29 is 13.5 Å². The molecular formula is C19H19F2N3O. The molecule has 0 saturated heterocycles. The van der Waals surface area contributed by atoms with Crippen molar-refractivity contribution >= 4 is 0 Å². The summed E-state index contributed by atoms with van der Waals surface area (Å²) in [6.45, 7) is 5.52. The molecule has 0 aliphatic rings. The largest absolute Gasteiger partial charge is 0.488 e. The molecule has 0 saturated carbocycles. The van der Waals surface area contributed by atoms with Gasteiger partial charge in [0.25, 0.3) is 0 Å². The van der Waals surface area contributed by atoms with Crippen LogP contribution < -0.4 is 4.74 Å². The molecule has 3 aromatic rings. The molecular weight excluding hydrogens is 324 g/mol. The lowest BCUT2D eigenvalue weighted by Gasteiger charge is -2.12. The molecule has 25 heavy (non-hydrogen) atoms. The van der Waals surface area contributed by atoms with E-state index in [2.05, 4.69) is 10.2 Å². The SMILES string of the molecule is Cc1nnc(Cc2ccc(OC(C)C)c(F)c2)n1-c1ccc(F)cc1. The van der Waals surface area contributed by atoms with Gasteiger partial charge in [-0.15, -0.1) is 10.2 Å². The monoisotopic (exact) mass is 343 g/mol. The Morgan fingerprint density at radius 1 is 1.04 bits per heavy atom. The van der Waals surface area contributed by atoms with Crippen molar-refractivity contribution in [1.29, 1.82) is 0 Å². The highest BCUT2D eigenvalue weighted by molar-refractivity contribution is 5.36. The van der Waals surface area contributed by atoms with Gasteiger partial charge in [-0.05, 0) is 62.7 Å². The molecule has 0 spiro atoms. The molecule has 0 aliphatic carbocycles. The van der Waals surface area contributed by atoms with E-state index in [4.69, 9.17) is 4.74 Å². The molecule has 130 valence electrons. The first kappa shape index (κ1) is 17.1. The second-order valence-electron chi connectivity index (χ2n) is 6.08. The number of ether oxygens (including phenoxy) is 1. The van der Waals surface area contributed by atoms with Gasteiger partial charge in [0.05, 0.1) is 6.10 Å². The van der Waals surface area contributed by atoms with Crippen LogP contribution in [0.2, 0.25) is 0 Å². The molecule has 0 N–H and O–H groups in total. The Morgan fingerprint density at radius 2 is 1.76 bits per heavy atom. The molecule has 0 aliphatic heterocycles. The third-order valence-electron chi connectivity index (χ3n) is 3.70. The van der Waals surface area contributed by atoms with Crippen molar-refractivity contribution in [2.24, 2.45) is 0 Å². The van der Waals surface area contributed by atoms with Gasteiger partial charge in [-0.1, -0.05) is 6.07 Å². The van der Waals surface area contributed by atoms with E-state index in [-0.39, 0.29) is 17.7 Å². The number of aromatic nitrogens is 3. The Kier molecular flexibility index (Phi) is 4.79. The summed E-state index contributed by atoms with van der Waals surface area (Å²) in [7, 11) is 0. The van der Waals surface area contributed by atoms with Gasteiger partial charge in [-0.25, -0.2) is 8.78 Å². The zero-order valence-electron chi connectivity index (χ0n) is 14.3. The second kappa shape index (κ2) is 7.01. The van der Waals surface area contributed by atoms with Crippen molar-refractivity contribution in [2.75, 3.05) is 0 Å². The lowest BCUT2D eigenvalue weighted by atomic mass is 10.1. The summed E-state index contributed by atoms with van der Waals surface area (Å²) in [6, 6.07) is 11.0. The van der Waals surface area contributed by atoms with E-state index in [1.54, 1.807) is 24.3 Å². The van der Waals surface area contributed by atoms with Crippen LogP contribution in [0.15, 0.2) is 42.5 Å². The molecule has 3 rings (SSSR count). The second-order valence-corrected chi connectivity index (χ2v) is 6.08. The van der Waals surface area contributed by atoms with Gasteiger partial charge >= 0.3 is 0 Å². The van der Waals surface area contributed by atoms with Crippen LogP contribution in [0, 0.1) is 18.6 Å². The molecule has 0 atom stereocenters.